The molecule has 0 aliphatic rings. The molecule has 0 radical (unpaired) electrons. The molecule has 0 saturated heterocycles. The molecule has 0 N–H and O–H groups in total. The van der Waals surface area contributed by atoms with Crippen LogP contribution >= 0.6 is 39.3 Å². The molecule has 0 aliphatic carbocycles. The number of nitrogens with zero attached hydrogens (tertiary/aromatic N) is 3. The predicted molar refractivity (Wildman–Crippen MR) is 93.8 cm³/mol. The van der Waals surface area contributed by atoms with Gasteiger partial charge in [-0.15, -0.1) is 0 Å². The van der Waals surface area contributed by atoms with Crippen LogP contribution in [0, 0.1) is 0 Å². The second-order valence-corrected chi connectivity index (χ2v) is 6.66. The van der Waals surface area contributed by atoms with E-state index in [-0.39, 0.29) is 5.56 Å². The normalized spacial score (nSPS) is 11.0. The highest BCUT2D eigenvalue weighted by atomic mass is 79.9. The summed E-state index contributed by atoms with van der Waals surface area (Å²) >= 11 is 11.1. The Labute approximate surface area is 144 Å². The molecule has 2 heterocycles. The van der Waals surface area contributed by atoms with Gasteiger partial charge in [0.2, 0.25) is 0 Å². The van der Waals surface area contributed by atoms with E-state index in [1.165, 1.54) is 11.8 Å². The lowest BCUT2D eigenvalue weighted by atomic mass is 10.2. The molecule has 0 atom stereocenters. The maximum atomic E-state index is 12.6. The van der Waals surface area contributed by atoms with Gasteiger partial charge in [0.25, 0.3) is 5.56 Å². The molecular formula is C15H11BrClN3OS. The Bertz CT molecular complexity index is 913. The van der Waals surface area contributed by atoms with Gasteiger partial charge in [-0.3, -0.25) is 4.79 Å². The second kappa shape index (κ2) is 6.40. The van der Waals surface area contributed by atoms with Crippen LogP contribution in [-0.4, -0.2) is 20.8 Å². The summed E-state index contributed by atoms with van der Waals surface area (Å²) in [5.74, 6) is 0. The zero-order valence-corrected chi connectivity index (χ0v) is 14.7. The van der Waals surface area contributed by atoms with Crippen molar-refractivity contribution in [2.24, 2.45) is 0 Å². The van der Waals surface area contributed by atoms with Crippen molar-refractivity contribution in [2.45, 2.75) is 11.7 Å². The lowest BCUT2D eigenvalue weighted by Crippen LogP contribution is -2.21. The van der Waals surface area contributed by atoms with Crippen LogP contribution in [0.1, 0.15) is 5.56 Å². The van der Waals surface area contributed by atoms with E-state index in [1.54, 1.807) is 17.0 Å². The van der Waals surface area contributed by atoms with Gasteiger partial charge in [-0.2, -0.15) is 0 Å². The van der Waals surface area contributed by atoms with Gasteiger partial charge in [0.05, 0.1) is 21.9 Å². The van der Waals surface area contributed by atoms with Crippen molar-refractivity contribution in [3.8, 4) is 0 Å². The van der Waals surface area contributed by atoms with Crippen LogP contribution in [-0.2, 0) is 6.54 Å². The van der Waals surface area contributed by atoms with Gasteiger partial charge >= 0.3 is 0 Å². The molecule has 7 heteroatoms. The summed E-state index contributed by atoms with van der Waals surface area (Å²) < 4.78 is 2.36. The number of hydrogen-bond acceptors (Lipinski definition) is 4. The average molecular weight is 397 g/mol. The quantitative estimate of drug-likeness (QED) is 0.496. The van der Waals surface area contributed by atoms with Gasteiger partial charge in [0, 0.05) is 17.4 Å². The van der Waals surface area contributed by atoms with Crippen LogP contribution in [0.3, 0.4) is 0 Å². The fraction of sp³-hybridized carbons (Fsp3) is 0.133. The van der Waals surface area contributed by atoms with Crippen LogP contribution < -0.4 is 5.56 Å². The van der Waals surface area contributed by atoms with Crippen molar-refractivity contribution in [1.82, 2.24) is 14.5 Å². The minimum atomic E-state index is -0.134. The Kier molecular flexibility index (Phi) is 4.52. The summed E-state index contributed by atoms with van der Waals surface area (Å²) in [7, 11) is 0. The topological polar surface area (TPSA) is 47.8 Å². The Morgan fingerprint density at radius 1 is 1.36 bits per heavy atom. The average Bonchev–Trinajstić information content (AvgIpc) is 2.54. The van der Waals surface area contributed by atoms with Gasteiger partial charge in [-0.05, 0) is 33.8 Å². The first-order chi connectivity index (χ1) is 10.6. The van der Waals surface area contributed by atoms with Gasteiger partial charge in [0.1, 0.15) is 0 Å². The highest BCUT2D eigenvalue weighted by molar-refractivity contribution is 9.10. The van der Waals surface area contributed by atoms with Crippen LogP contribution in [0.25, 0.3) is 10.9 Å². The largest absolute Gasteiger partial charge is 0.309 e. The summed E-state index contributed by atoms with van der Waals surface area (Å²) in [5, 5.41) is 1.76. The smallest absolute Gasteiger partial charge is 0.261 e. The van der Waals surface area contributed by atoms with E-state index in [4.69, 9.17) is 11.6 Å². The monoisotopic (exact) mass is 395 g/mol. The maximum absolute atomic E-state index is 12.6. The van der Waals surface area contributed by atoms with Gasteiger partial charge in [-0.1, -0.05) is 41.6 Å². The lowest BCUT2D eigenvalue weighted by molar-refractivity contribution is 0.763. The first kappa shape index (κ1) is 15.5. The number of aromatic nitrogens is 3. The maximum Gasteiger partial charge on any atom is 0.261 e. The summed E-state index contributed by atoms with van der Waals surface area (Å²) in [4.78, 5) is 21.2. The van der Waals surface area contributed by atoms with E-state index in [0.29, 0.717) is 27.6 Å². The molecule has 2 aromatic heterocycles. The minimum Gasteiger partial charge on any atom is -0.309 e. The minimum absolute atomic E-state index is 0.134. The number of thioether (sulfide) groups is 1. The molecule has 0 bridgehead atoms. The third-order valence-electron chi connectivity index (χ3n) is 3.23. The second-order valence-electron chi connectivity index (χ2n) is 4.62. The molecule has 0 unspecified atom stereocenters. The summed E-state index contributed by atoms with van der Waals surface area (Å²) in [6.07, 6.45) is 5.21. The van der Waals surface area contributed by atoms with Crippen LogP contribution in [0.5, 0.6) is 0 Å². The third kappa shape index (κ3) is 2.91. The van der Waals surface area contributed by atoms with Crippen molar-refractivity contribution in [3.05, 3.63) is 62.1 Å². The van der Waals surface area contributed by atoms with Crippen LogP contribution in [0.4, 0.5) is 0 Å². The first-order valence-electron chi connectivity index (χ1n) is 6.43. The highest BCUT2D eigenvalue weighted by Gasteiger charge is 2.11. The molecule has 0 aliphatic heterocycles. The van der Waals surface area contributed by atoms with E-state index >= 15 is 0 Å². The van der Waals surface area contributed by atoms with E-state index in [1.807, 2.05) is 30.5 Å². The van der Waals surface area contributed by atoms with Gasteiger partial charge in [-0.25, -0.2) is 9.97 Å². The zero-order chi connectivity index (χ0) is 15.7. The molecule has 3 rings (SSSR count). The van der Waals surface area contributed by atoms with E-state index < -0.39 is 0 Å². The molecule has 0 saturated carbocycles. The fourth-order valence-corrected chi connectivity index (χ4v) is 3.23. The standard InChI is InChI=1S/C15H11BrClN3OS/c1-22-15-18-6-10-13(19-15)11(16)8-20(14(10)21)7-9-4-2-3-5-12(9)17/h2-6,8H,7H2,1H3. The summed E-state index contributed by atoms with van der Waals surface area (Å²) in [6, 6.07) is 7.48. The van der Waals surface area contributed by atoms with Crippen molar-refractivity contribution >= 4 is 50.2 Å². The van der Waals surface area contributed by atoms with Gasteiger partial charge in [0.15, 0.2) is 5.16 Å². The molecule has 112 valence electrons. The predicted octanol–water partition coefficient (Wildman–Crippen LogP) is 3.98. The first-order valence-corrected chi connectivity index (χ1v) is 8.83. The van der Waals surface area contributed by atoms with E-state index in [9.17, 15) is 4.79 Å². The van der Waals surface area contributed by atoms with Crippen LogP contribution in [0.15, 0.2) is 51.1 Å². The number of hydrogen-bond donors (Lipinski definition) is 0. The number of halogens is 2. The summed E-state index contributed by atoms with van der Waals surface area (Å²) in [5.41, 5.74) is 1.38. The molecule has 3 aromatic rings. The van der Waals surface area contributed by atoms with Crippen LogP contribution in [0.2, 0.25) is 5.02 Å². The van der Waals surface area contributed by atoms with E-state index in [2.05, 4.69) is 25.9 Å². The molecule has 0 spiro atoms. The van der Waals surface area contributed by atoms with Crippen molar-refractivity contribution < 1.29 is 0 Å². The molecule has 1 aromatic carbocycles. The van der Waals surface area contributed by atoms with Crippen molar-refractivity contribution in [3.63, 3.8) is 0 Å². The molecular weight excluding hydrogens is 386 g/mol. The molecule has 4 nitrogen and oxygen atoms in total. The Morgan fingerprint density at radius 3 is 2.86 bits per heavy atom. The number of rotatable bonds is 3. The number of pyridine rings is 1. The van der Waals surface area contributed by atoms with Crippen molar-refractivity contribution in [1.29, 1.82) is 0 Å². The van der Waals surface area contributed by atoms with E-state index in [0.717, 1.165) is 10.0 Å². The Balaban J connectivity index is 2.14. The lowest BCUT2D eigenvalue weighted by Gasteiger charge is -2.10. The van der Waals surface area contributed by atoms with Crippen molar-refractivity contribution in [2.75, 3.05) is 6.26 Å². The highest BCUT2D eigenvalue weighted by Crippen LogP contribution is 2.22. The third-order valence-corrected chi connectivity index (χ3v) is 4.75. The number of fused-ring (bicyclic) bond motifs is 1. The Morgan fingerprint density at radius 2 is 2.14 bits per heavy atom. The molecule has 0 fully saturated rings. The Hall–Kier alpha value is -1.37. The molecule has 22 heavy (non-hydrogen) atoms. The number of benzene rings is 1. The van der Waals surface area contributed by atoms with Gasteiger partial charge < -0.3 is 4.57 Å². The fourth-order valence-electron chi connectivity index (χ4n) is 2.14. The molecule has 0 amide bonds. The SMILES string of the molecule is CSc1ncc2c(=O)n(Cc3ccccc3Cl)cc(Br)c2n1. The zero-order valence-electron chi connectivity index (χ0n) is 11.6. The summed E-state index contributed by atoms with van der Waals surface area (Å²) in [6.45, 7) is 0.400.